The van der Waals surface area contributed by atoms with Crippen LogP contribution in [0.5, 0.6) is 11.5 Å². The summed E-state index contributed by atoms with van der Waals surface area (Å²) in [7, 11) is 1.60. The van der Waals surface area contributed by atoms with Crippen LogP contribution in [0.1, 0.15) is 12.8 Å². The zero-order valence-corrected chi connectivity index (χ0v) is 11.9. The Morgan fingerprint density at radius 3 is 2.95 bits per heavy atom. The number of nitrogen functional groups attached to an aromatic ring is 1. The van der Waals surface area contributed by atoms with Crippen molar-refractivity contribution in [3.8, 4) is 22.8 Å². The molecule has 0 aliphatic carbocycles. The van der Waals surface area contributed by atoms with E-state index >= 15 is 0 Å². The van der Waals surface area contributed by atoms with Gasteiger partial charge in [-0.3, -0.25) is 0 Å². The van der Waals surface area contributed by atoms with Crippen molar-refractivity contribution < 1.29 is 18.7 Å². The Morgan fingerprint density at radius 1 is 1.38 bits per heavy atom. The summed E-state index contributed by atoms with van der Waals surface area (Å²) in [6, 6.07) is 7.29. The van der Waals surface area contributed by atoms with Crippen molar-refractivity contribution in [1.82, 2.24) is 5.16 Å². The molecule has 0 radical (unpaired) electrons. The van der Waals surface area contributed by atoms with Crippen molar-refractivity contribution in [2.24, 2.45) is 0 Å². The number of hydrogen-bond donors (Lipinski definition) is 1. The van der Waals surface area contributed by atoms with Gasteiger partial charge in [-0.25, -0.2) is 0 Å². The lowest BCUT2D eigenvalue weighted by molar-refractivity contribution is 0.00647. The summed E-state index contributed by atoms with van der Waals surface area (Å²) in [5.74, 6) is 2.16. The summed E-state index contributed by atoms with van der Waals surface area (Å²) in [6.07, 6.45) is 2.02. The Kier molecular flexibility index (Phi) is 3.96. The van der Waals surface area contributed by atoms with Crippen LogP contribution in [0, 0.1) is 0 Å². The summed E-state index contributed by atoms with van der Waals surface area (Å²) in [6.45, 7) is 1.40. The number of nitrogens with two attached hydrogens (primary N) is 1. The molecule has 1 fully saturated rings. The van der Waals surface area contributed by atoms with E-state index in [1.165, 1.54) is 0 Å². The fourth-order valence-electron chi connectivity index (χ4n) is 2.41. The molecule has 1 aliphatic heterocycles. The SMILES string of the molecule is COc1c(OC2CCCOC2)cccc1-c1cc(N)no1. The van der Waals surface area contributed by atoms with Crippen LogP contribution in [0.2, 0.25) is 0 Å². The molecule has 0 spiro atoms. The maximum Gasteiger partial charge on any atom is 0.172 e. The average molecular weight is 290 g/mol. The minimum absolute atomic E-state index is 0.0442. The molecule has 1 aromatic carbocycles. The van der Waals surface area contributed by atoms with Gasteiger partial charge in [0.05, 0.1) is 19.3 Å². The van der Waals surface area contributed by atoms with E-state index in [0.717, 1.165) is 25.0 Å². The number of methoxy groups -OCH3 is 1. The highest BCUT2D eigenvalue weighted by atomic mass is 16.5. The summed E-state index contributed by atoms with van der Waals surface area (Å²) in [4.78, 5) is 0. The summed E-state index contributed by atoms with van der Waals surface area (Å²) >= 11 is 0. The highest BCUT2D eigenvalue weighted by Gasteiger charge is 2.20. The highest BCUT2D eigenvalue weighted by molar-refractivity contribution is 5.71. The van der Waals surface area contributed by atoms with E-state index in [2.05, 4.69) is 5.16 Å². The van der Waals surface area contributed by atoms with Crippen molar-refractivity contribution in [2.45, 2.75) is 18.9 Å². The third kappa shape index (κ3) is 2.95. The molecule has 1 atom stereocenters. The number of para-hydroxylation sites is 1. The normalized spacial score (nSPS) is 18.4. The van der Waals surface area contributed by atoms with Crippen LogP contribution in [0.3, 0.4) is 0 Å². The van der Waals surface area contributed by atoms with Crippen LogP contribution >= 0.6 is 0 Å². The summed E-state index contributed by atoms with van der Waals surface area (Å²) in [5, 5.41) is 3.70. The Bertz CT molecular complexity index is 605. The molecule has 2 N–H and O–H groups in total. The molecule has 1 unspecified atom stereocenters. The molecule has 2 aromatic rings. The van der Waals surface area contributed by atoms with E-state index in [4.69, 9.17) is 24.5 Å². The molecule has 112 valence electrons. The maximum atomic E-state index is 6.00. The number of ether oxygens (including phenoxy) is 3. The first-order valence-corrected chi connectivity index (χ1v) is 6.92. The molecule has 6 nitrogen and oxygen atoms in total. The van der Waals surface area contributed by atoms with E-state index in [-0.39, 0.29) is 6.10 Å². The fourth-order valence-corrected chi connectivity index (χ4v) is 2.41. The van der Waals surface area contributed by atoms with Gasteiger partial charge in [-0.15, -0.1) is 0 Å². The van der Waals surface area contributed by atoms with E-state index in [0.29, 0.717) is 29.7 Å². The fraction of sp³-hybridized carbons (Fsp3) is 0.400. The molecule has 6 heteroatoms. The standard InChI is InChI=1S/C15H18N2O4/c1-18-15-11(13-8-14(16)17-21-13)5-2-6-12(15)20-10-4-3-7-19-9-10/h2,5-6,8,10H,3-4,7,9H2,1H3,(H2,16,17). The van der Waals surface area contributed by atoms with E-state index in [1.807, 2.05) is 18.2 Å². The van der Waals surface area contributed by atoms with Gasteiger partial charge in [0.25, 0.3) is 0 Å². The lowest BCUT2D eigenvalue weighted by Gasteiger charge is -2.24. The smallest absolute Gasteiger partial charge is 0.172 e. The van der Waals surface area contributed by atoms with Gasteiger partial charge in [0.2, 0.25) is 0 Å². The molecule has 0 saturated carbocycles. The Labute approximate surface area is 122 Å². The first-order valence-electron chi connectivity index (χ1n) is 6.92. The monoisotopic (exact) mass is 290 g/mol. The van der Waals surface area contributed by atoms with Crippen molar-refractivity contribution in [3.63, 3.8) is 0 Å². The third-order valence-electron chi connectivity index (χ3n) is 3.39. The van der Waals surface area contributed by atoms with Crippen molar-refractivity contribution in [2.75, 3.05) is 26.1 Å². The average Bonchev–Trinajstić information content (AvgIpc) is 2.94. The van der Waals surface area contributed by atoms with Crippen LogP contribution in [-0.4, -0.2) is 31.6 Å². The lowest BCUT2D eigenvalue weighted by atomic mass is 10.1. The van der Waals surface area contributed by atoms with Gasteiger partial charge in [0.1, 0.15) is 6.10 Å². The number of nitrogens with zero attached hydrogens (tertiary/aromatic N) is 1. The second kappa shape index (κ2) is 6.05. The Balaban J connectivity index is 1.90. The zero-order valence-electron chi connectivity index (χ0n) is 11.9. The molecule has 2 heterocycles. The molecule has 3 rings (SSSR count). The van der Waals surface area contributed by atoms with Gasteiger partial charge in [0, 0.05) is 12.7 Å². The minimum atomic E-state index is 0.0442. The summed E-state index contributed by atoms with van der Waals surface area (Å²) in [5.41, 5.74) is 6.36. The van der Waals surface area contributed by atoms with Crippen molar-refractivity contribution in [3.05, 3.63) is 24.3 Å². The number of aromatic nitrogens is 1. The first kappa shape index (κ1) is 13.8. The Hall–Kier alpha value is -2.21. The number of rotatable bonds is 4. The Morgan fingerprint density at radius 2 is 2.29 bits per heavy atom. The molecule has 21 heavy (non-hydrogen) atoms. The molecular formula is C15H18N2O4. The topological polar surface area (TPSA) is 79.7 Å². The lowest BCUT2D eigenvalue weighted by Crippen LogP contribution is -2.28. The zero-order chi connectivity index (χ0) is 14.7. The summed E-state index contributed by atoms with van der Waals surface area (Å²) < 4.78 is 22.1. The highest BCUT2D eigenvalue weighted by Crippen LogP contribution is 2.39. The first-order chi connectivity index (χ1) is 10.3. The van der Waals surface area contributed by atoms with Crippen LogP contribution in [0.15, 0.2) is 28.8 Å². The van der Waals surface area contributed by atoms with Crippen LogP contribution in [0.25, 0.3) is 11.3 Å². The van der Waals surface area contributed by atoms with Crippen LogP contribution in [-0.2, 0) is 4.74 Å². The van der Waals surface area contributed by atoms with Crippen molar-refractivity contribution >= 4 is 5.82 Å². The molecule has 1 saturated heterocycles. The van der Waals surface area contributed by atoms with E-state index in [1.54, 1.807) is 13.2 Å². The second-order valence-corrected chi connectivity index (χ2v) is 4.91. The number of anilines is 1. The van der Waals surface area contributed by atoms with Gasteiger partial charge < -0.3 is 24.5 Å². The maximum absolute atomic E-state index is 6.00. The van der Waals surface area contributed by atoms with Gasteiger partial charge >= 0.3 is 0 Å². The number of benzene rings is 1. The van der Waals surface area contributed by atoms with E-state index in [9.17, 15) is 0 Å². The predicted molar refractivity (Wildman–Crippen MR) is 77.4 cm³/mol. The predicted octanol–water partition coefficient (Wildman–Crippen LogP) is 2.49. The largest absolute Gasteiger partial charge is 0.492 e. The van der Waals surface area contributed by atoms with Gasteiger partial charge in [0.15, 0.2) is 23.1 Å². The van der Waals surface area contributed by atoms with Crippen molar-refractivity contribution in [1.29, 1.82) is 0 Å². The van der Waals surface area contributed by atoms with E-state index < -0.39 is 0 Å². The van der Waals surface area contributed by atoms with Gasteiger partial charge in [-0.2, -0.15) is 0 Å². The van der Waals surface area contributed by atoms with Crippen LogP contribution < -0.4 is 15.2 Å². The third-order valence-corrected chi connectivity index (χ3v) is 3.39. The molecular weight excluding hydrogens is 272 g/mol. The molecule has 0 bridgehead atoms. The minimum Gasteiger partial charge on any atom is -0.492 e. The molecule has 0 amide bonds. The van der Waals surface area contributed by atoms with Gasteiger partial charge in [-0.1, -0.05) is 11.2 Å². The van der Waals surface area contributed by atoms with Gasteiger partial charge in [-0.05, 0) is 25.0 Å². The molecule has 1 aliphatic rings. The number of hydrogen-bond acceptors (Lipinski definition) is 6. The second-order valence-electron chi connectivity index (χ2n) is 4.91. The molecule has 1 aromatic heterocycles. The van der Waals surface area contributed by atoms with Crippen LogP contribution in [0.4, 0.5) is 5.82 Å². The quantitative estimate of drug-likeness (QED) is 0.932.